The normalized spacial score (nSPS) is 16.2. The Balaban J connectivity index is 2.28. The van der Waals surface area contributed by atoms with Gasteiger partial charge in [0.2, 0.25) is 5.91 Å². The van der Waals surface area contributed by atoms with Gasteiger partial charge in [-0.2, -0.15) is 8.42 Å². The van der Waals surface area contributed by atoms with Crippen LogP contribution in [0.25, 0.3) is 0 Å². The third-order valence-corrected chi connectivity index (χ3v) is 3.79. The summed E-state index contributed by atoms with van der Waals surface area (Å²) in [5, 5.41) is 0. The molecule has 7 nitrogen and oxygen atoms in total. The number of nitrogens with zero attached hydrogens (tertiary/aromatic N) is 2. The molecular weight excluding hydrogens is 256 g/mol. The summed E-state index contributed by atoms with van der Waals surface area (Å²) in [6.45, 7) is 0.305. The van der Waals surface area contributed by atoms with Crippen LogP contribution in [0.2, 0.25) is 0 Å². The summed E-state index contributed by atoms with van der Waals surface area (Å²) < 4.78 is 26.9. The molecule has 0 bridgehead atoms. The minimum absolute atomic E-state index is 0.139. The number of sulfonamides is 1. The molecule has 0 saturated heterocycles. The van der Waals surface area contributed by atoms with Gasteiger partial charge in [-0.1, -0.05) is 12.1 Å². The summed E-state index contributed by atoms with van der Waals surface area (Å²) in [5.74, 6) is 4.65. The largest absolute Gasteiger partial charge is 0.330 e. The maximum atomic E-state index is 11.7. The Kier molecular flexibility index (Phi) is 3.30. The molecule has 0 saturated carbocycles. The lowest BCUT2D eigenvalue weighted by molar-refractivity contribution is -0.120. The number of hydrazine groups is 1. The van der Waals surface area contributed by atoms with Gasteiger partial charge in [0.25, 0.3) is 10.0 Å². The van der Waals surface area contributed by atoms with Crippen LogP contribution >= 0.6 is 0 Å². The number of hydrogen-bond donors (Lipinski definition) is 2. The fourth-order valence-corrected chi connectivity index (χ4v) is 2.67. The highest BCUT2D eigenvalue weighted by Gasteiger charge is 2.24. The molecule has 18 heavy (non-hydrogen) atoms. The Labute approximate surface area is 104 Å². The summed E-state index contributed by atoms with van der Waals surface area (Å²) in [4.78, 5) is 12.8. The van der Waals surface area contributed by atoms with Crippen LogP contribution in [0.15, 0.2) is 33.6 Å². The number of rotatable bonds is 3. The van der Waals surface area contributed by atoms with Gasteiger partial charge in [-0.05, 0) is 12.1 Å². The van der Waals surface area contributed by atoms with E-state index in [1.54, 1.807) is 23.1 Å². The molecule has 0 spiro atoms. The van der Waals surface area contributed by atoms with E-state index in [4.69, 9.17) is 5.84 Å². The molecule has 96 valence electrons. The lowest BCUT2D eigenvalue weighted by Gasteiger charge is -2.24. The van der Waals surface area contributed by atoms with Crippen molar-refractivity contribution in [1.82, 2.24) is 5.43 Å². The average molecular weight is 268 g/mol. The highest BCUT2D eigenvalue weighted by molar-refractivity contribution is 7.90. The Morgan fingerprint density at radius 2 is 2.11 bits per heavy atom. The highest BCUT2D eigenvalue weighted by atomic mass is 32.2. The van der Waals surface area contributed by atoms with Crippen LogP contribution in [-0.4, -0.2) is 27.2 Å². The number of carbonyl (C=O) groups excluding carboxylic acids is 1. The van der Waals surface area contributed by atoms with Crippen molar-refractivity contribution in [3.8, 4) is 0 Å². The second kappa shape index (κ2) is 4.75. The number of anilines is 1. The van der Waals surface area contributed by atoms with E-state index in [0.29, 0.717) is 12.2 Å². The molecule has 3 N–H and O–H groups in total. The number of fused-ring (bicyclic) bond motifs is 1. The third kappa shape index (κ3) is 2.34. The van der Waals surface area contributed by atoms with Crippen LogP contribution in [0.5, 0.6) is 0 Å². The number of nitrogens with two attached hydrogens (primary N) is 1. The van der Waals surface area contributed by atoms with Crippen LogP contribution in [0.1, 0.15) is 6.42 Å². The maximum absolute atomic E-state index is 11.7. The third-order valence-electron chi connectivity index (χ3n) is 2.52. The average Bonchev–Trinajstić information content (AvgIpc) is 2.38. The summed E-state index contributed by atoms with van der Waals surface area (Å²) in [6, 6.07) is 6.50. The molecule has 1 aliphatic rings. The molecule has 1 aromatic carbocycles. The first-order valence-electron chi connectivity index (χ1n) is 5.20. The zero-order valence-corrected chi connectivity index (χ0v) is 10.2. The fourth-order valence-electron chi connectivity index (χ4n) is 1.62. The summed E-state index contributed by atoms with van der Waals surface area (Å²) in [5.41, 5.74) is 2.53. The number of benzene rings is 1. The minimum atomic E-state index is -3.62. The first-order chi connectivity index (χ1) is 8.54. The summed E-state index contributed by atoms with van der Waals surface area (Å²) in [7, 11) is -3.62. The molecule has 0 unspecified atom stereocenters. The zero-order valence-electron chi connectivity index (χ0n) is 9.41. The number of hydrogen-bond acceptors (Lipinski definition) is 5. The van der Waals surface area contributed by atoms with Gasteiger partial charge in [0.15, 0.2) is 0 Å². The van der Waals surface area contributed by atoms with Crippen molar-refractivity contribution >= 4 is 28.0 Å². The monoisotopic (exact) mass is 268 g/mol. The first kappa shape index (κ1) is 12.5. The molecule has 2 rings (SSSR count). The zero-order chi connectivity index (χ0) is 13.2. The number of para-hydroxylation sites is 1. The van der Waals surface area contributed by atoms with Gasteiger partial charge in [0, 0.05) is 13.0 Å². The van der Waals surface area contributed by atoms with Crippen molar-refractivity contribution in [3.05, 3.63) is 24.3 Å². The van der Waals surface area contributed by atoms with Gasteiger partial charge < -0.3 is 4.90 Å². The molecule has 1 aromatic rings. The fraction of sp³-hybridized carbons (Fsp3) is 0.200. The second-order valence-electron chi connectivity index (χ2n) is 3.67. The van der Waals surface area contributed by atoms with Crippen molar-refractivity contribution in [2.24, 2.45) is 10.2 Å². The number of carbonyl (C=O) groups is 1. The Morgan fingerprint density at radius 3 is 2.83 bits per heavy atom. The van der Waals surface area contributed by atoms with Gasteiger partial charge >= 0.3 is 0 Å². The van der Waals surface area contributed by atoms with Crippen molar-refractivity contribution in [1.29, 1.82) is 0 Å². The first-order valence-corrected chi connectivity index (χ1v) is 6.64. The standard InChI is InChI=1S/C10H12N4O3S/c11-13-10(15)5-6-14-7-12-18(16,17)9-4-2-1-3-8(9)14/h1-4,7H,5-6,11H2,(H,13,15). The predicted octanol–water partition coefficient (Wildman–Crippen LogP) is -0.396. The van der Waals surface area contributed by atoms with Gasteiger partial charge in [-0.3, -0.25) is 10.2 Å². The molecule has 1 amide bonds. The van der Waals surface area contributed by atoms with E-state index in [1.807, 2.05) is 5.43 Å². The van der Waals surface area contributed by atoms with Crippen molar-refractivity contribution < 1.29 is 13.2 Å². The lowest BCUT2D eigenvalue weighted by Crippen LogP contribution is -2.35. The summed E-state index contributed by atoms with van der Waals surface area (Å²) in [6.07, 6.45) is 1.36. The molecule has 1 aliphatic heterocycles. The molecule has 0 aromatic heterocycles. The highest BCUT2D eigenvalue weighted by Crippen LogP contribution is 2.28. The van der Waals surface area contributed by atoms with E-state index >= 15 is 0 Å². The molecule has 0 aliphatic carbocycles. The van der Waals surface area contributed by atoms with Crippen LogP contribution < -0.4 is 16.2 Å². The SMILES string of the molecule is NNC(=O)CCN1C=NS(=O)(=O)c2ccccc21. The van der Waals surface area contributed by atoms with Crippen molar-refractivity contribution in [2.45, 2.75) is 11.3 Å². The van der Waals surface area contributed by atoms with Crippen LogP contribution in [0.4, 0.5) is 5.69 Å². The minimum Gasteiger partial charge on any atom is -0.330 e. The van der Waals surface area contributed by atoms with Gasteiger partial charge in [-0.25, -0.2) is 5.84 Å². The van der Waals surface area contributed by atoms with Crippen molar-refractivity contribution in [2.75, 3.05) is 11.4 Å². The summed E-state index contributed by atoms with van der Waals surface area (Å²) >= 11 is 0. The molecule has 8 heteroatoms. The lowest BCUT2D eigenvalue weighted by atomic mass is 10.2. The Hall–Kier alpha value is -1.93. The van der Waals surface area contributed by atoms with E-state index in [1.165, 1.54) is 12.4 Å². The van der Waals surface area contributed by atoms with E-state index in [0.717, 1.165) is 0 Å². The van der Waals surface area contributed by atoms with Gasteiger partial charge in [0.05, 0.1) is 5.69 Å². The second-order valence-corrected chi connectivity index (χ2v) is 5.28. The smallest absolute Gasteiger partial charge is 0.285 e. The predicted molar refractivity (Wildman–Crippen MR) is 66.4 cm³/mol. The van der Waals surface area contributed by atoms with Crippen LogP contribution in [0, 0.1) is 0 Å². The van der Waals surface area contributed by atoms with Crippen LogP contribution in [0.3, 0.4) is 0 Å². The molecular formula is C10H12N4O3S. The Morgan fingerprint density at radius 1 is 1.39 bits per heavy atom. The van der Waals surface area contributed by atoms with Gasteiger partial charge in [-0.15, -0.1) is 4.40 Å². The number of nitrogens with one attached hydrogen (secondary N) is 1. The number of amides is 1. The Bertz CT molecular complexity index is 597. The van der Waals surface area contributed by atoms with Crippen LogP contribution in [-0.2, 0) is 14.8 Å². The van der Waals surface area contributed by atoms with Crippen molar-refractivity contribution in [3.63, 3.8) is 0 Å². The molecule has 0 radical (unpaired) electrons. The molecule has 1 heterocycles. The van der Waals surface area contributed by atoms with E-state index < -0.39 is 10.0 Å². The van der Waals surface area contributed by atoms with E-state index in [2.05, 4.69) is 4.40 Å². The molecule has 0 fully saturated rings. The maximum Gasteiger partial charge on any atom is 0.285 e. The van der Waals surface area contributed by atoms with Gasteiger partial charge in [0.1, 0.15) is 11.2 Å². The molecule has 0 atom stereocenters. The van der Waals surface area contributed by atoms with E-state index in [9.17, 15) is 13.2 Å². The topological polar surface area (TPSA) is 105 Å². The quantitative estimate of drug-likeness (QED) is 0.441. The van der Waals surface area contributed by atoms with E-state index in [-0.39, 0.29) is 17.2 Å².